The molecule has 4 nitrogen and oxygen atoms in total. The zero-order valence-electron chi connectivity index (χ0n) is 8.51. The highest BCUT2D eigenvalue weighted by molar-refractivity contribution is 5.74. The highest BCUT2D eigenvalue weighted by Crippen LogP contribution is 2.17. The van der Waals surface area contributed by atoms with Gasteiger partial charge in [0.25, 0.3) is 0 Å². The van der Waals surface area contributed by atoms with Crippen LogP contribution >= 0.6 is 0 Å². The van der Waals surface area contributed by atoms with E-state index < -0.39 is 0 Å². The molecule has 0 spiro atoms. The van der Waals surface area contributed by atoms with E-state index in [0.29, 0.717) is 12.1 Å². The van der Waals surface area contributed by atoms with Gasteiger partial charge in [0.2, 0.25) is 0 Å². The Morgan fingerprint density at radius 1 is 1.07 bits per heavy atom. The fourth-order valence-electron chi connectivity index (χ4n) is 2.26. The fraction of sp³-hybridized carbons (Fsp3) is 0.900. The van der Waals surface area contributed by atoms with Crippen LogP contribution in [0.3, 0.4) is 0 Å². The summed E-state index contributed by atoms with van der Waals surface area (Å²) in [6, 6.07) is 0.770. The van der Waals surface area contributed by atoms with Gasteiger partial charge in [-0.3, -0.25) is 0 Å². The molecule has 2 aliphatic rings. The first-order valence-corrected chi connectivity index (χ1v) is 5.62. The average Bonchev–Trinajstić information content (AvgIpc) is 2.76. The van der Waals surface area contributed by atoms with Crippen molar-refractivity contribution in [1.82, 2.24) is 16.0 Å². The van der Waals surface area contributed by atoms with Crippen LogP contribution in [-0.4, -0.2) is 31.2 Å². The summed E-state index contributed by atoms with van der Waals surface area (Å²) in [5.74, 6) is 0. The Bertz CT molecular complexity index is 176. The van der Waals surface area contributed by atoms with Gasteiger partial charge in [-0.15, -0.1) is 0 Å². The first-order valence-electron chi connectivity index (χ1n) is 5.62. The zero-order valence-corrected chi connectivity index (χ0v) is 8.51. The number of amides is 2. The van der Waals surface area contributed by atoms with Crippen molar-refractivity contribution in [2.45, 2.75) is 44.2 Å². The van der Waals surface area contributed by atoms with Crippen molar-refractivity contribution in [1.29, 1.82) is 0 Å². The van der Waals surface area contributed by atoms with Crippen LogP contribution in [0.5, 0.6) is 0 Å². The fourth-order valence-corrected chi connectivity index (χ4v) is 2.26. The third-order valence-corrected chi connectivity index (χ3v) is 3.09. The summed E-state index contributed by atoms with van der Waals surface area (Å²) >= 11 is 0. The number of urea groups is 1. The Labute approximate surface area is 84.8 Å². The summed E-state index contributed by atoms with van der Waals surface area (Å²) < 4.78 is 0. The molecule has 2 amide bonds. The monoisotopic (exact) mass is 197 g/mol. The molecule has 0 aromatic carbocycles. The summed E-state index contributed by atoms with van der Waals surface area (Å²) in [5.41, 5.74) is 0. The van der Waals surface area contributed by atoms with Crippen molar-refractivity contribution in [3.05, 3.63) is 0 Å². The molecule has 1 saturated heterocycles. The first kappa shape index (κ1) is 9.77. The van der Waals surface area contributed by atoms with Crippen molar-refractivity contribution in [3.8, 4) is 0 Å². The van der Waals surface area contributed by atoms with E-state index in [1.165, 1.54) is 12.8 Å². The smallest absolute Gasteiger partial charge is 0.315 e. The van der Waals surface area contributed by atoms with E-state index in [2.05, 4.69) is 16.0 Å². The molecule has 1 unspecified atom stereocenters. The van der Waals surface area contributed by atoms with Crippen LogP contribution < -0.4 is 16.0 Å². The number of hydrogen-bond acceptors (Lipinski definition) is 2. The maximum Gasteiger partial charge on any atom is 0.315 e. The molecule has 3 N–H and O–H groups in total. The summed E-state index contributed by atoms with van der Waals surface area (Å²) in [4.78, 5) is 11.5. The molecule has 80 valence electrons. The van der Waals surface area contributed by atoms with Gasteiger partial charge < -0.3 is 16.0 Å². The van der Waals surface area contributed by atoms with E-state index >= 15 is 0 Å². The van der Waals surface area contributed by atoms with Gasteiger partial charge in [-0.05, 0) is 25.8 Å². The van der Waals surface area contributed by atoms with E-state index in [9.17, 15) is 4.79 Å². The van der Waals surface area contributed by atoms with Crippen LogP contribution in [0, 0.1) is 0 Å². The summed E-state index contributed by atoms with van der Waals surface area (Å²) in [6.07, 6.45) is 5.87. The molecule has 4 heteroatoms. The highest BCUT2D eigenvalue weighted by Gasteiger charge is 2.20. The van der Waals surface area contributed by atoms with Gasteiger partial charge in [-0.1, -0.05) is 12.8 Å². The zero-order chi connectivity index (χ0) is 9.80. The van der Waals surface area contributed by atoms with E-state index in [4.69, 9.17) is 0 Å². The lowest BCUT2D eigenvalue weighted by Gasteiger charge is -2.16. The lowest BCUT2D eigenvalue weighted by molar-refractivity contribution is 0.234. The summed E-state index contributed by atoms with van der Waals surface area (Å²) in [5, 5.41) is 9.25. The van der Waals surface area contributed by atoms with Gasteiger partial charge in [0, 0.05) is 18.6 Å². The molecular weight excluding hydrogens is 178 g/mol. The maximum absolute atomic E-state index is 11.5. The quantitative estimate of drug-likeness (QED) is 0.607. The summed E-state index contributed by atoms with van der Waals surface area (Å²) in [6.45, 7) is 1.94. The lowest BCUT2D eigenvalue weighted by atomic mass is 10.2. The van der Waals surface area contributed by atoms with Crippen LogP contribution in [0.2, 0.25) is 0 Å². The van der Waals surface area contributed by atoms with Crippen LogP contribution in [0.4, 0.5) is 4.79 Å². The normalized spacial score (nSPS) is 27.9. The summed E-state index contributed by atoms with van der Waals surface area (Å²) in [7, 11) is 0. The van der Waals surface area contributed by atoms with Crippen molar-refractivity contribution in [2.24, 2.45) is 0 Å². The van der Waals surface area contributed by atoms with Crippen LogP contribution in [0.25, 0.3) is 0 Å². The third-order valence-electron chi connectivity index (χ3n) is 3.09. The van der Waals surface area contributed by atoms with E-state index in [-0.39, 0.29) is 6.03 Å². The predicted octanol–water partition coefficient (Wildman–Crippen LogP) is 0.590. The Hall–Kier alpha value is -0.770. The number of rotatable bonds is 2. The minimum Gasteiger partial charge on any atom is -0.335 e. The topological polar surface area (TPSA) is 53.2 Å². The molecule has 1 aliphatic heterocycles. The van der Waals surface area contributed by atoms with E-state index in [1.54, 1.807) is 0 Å². The minimum absolute atomic E-state index is 0.0191. The van der Waals surface area contributed by atoms with Crippen LogP contribution in [0.15, 0.2) is 0 Å². The molecule has 0 aromatic heterocycles. The van der Waals surface area contributed by atoms with Crippen molar-refractivity contribution >= 4 is 6.03 Å². The minimum atomic E-state index is 0.0191. The van der Waals surface area contributed by atoms with Crippen LogP contribution in [0.1, 0.15) is 32.1 Å². The number of carbonyl (C=O) groups excluding carboxylic acids is 1. The van der Waals surface area contributed by atoms with Gasteiger partial charge >= 0.3 is 6.03 Å². The van der Waals surface area contributed by atoms with Crippen molar-refractivity contribution < 1.29 is 4.79 Å². The van der Waals surface area contributed by atoms with Crippen molar-refractivity contribution in [3.63, 3.8) is 0 Å². The number of nitrogens with one attached hydrogen (secondary N) is 3. The largest absolute Gasteiger partial charge is 0.335 e. The van der Waals surface area contributed by atoms with Gasteiger partial charge in [-0.2, -0.15) is 0 Å². The standard InChI is InChI=1S/C10H19N3O/c14-10(12-8-3-1-2-4-8)13-9-5-6-11-7-9/h8-9,11H,1-7H2,(H2,12,13,14). The second kappa shape index (κ2) is 4.64. The van der Waals surface area contributed by atoms with Gasteiger partial charge in [0.15, 0.2) is 0 Å². The lowest BCUT2D eigenvalue weighted by Crippen LogP contribution is -2.46. The van der Waals surface area contributed by atoms with E-state index in [1.807, 2.05) is 0 Å². The van der Waals surface area contributed by atoms with Crippen LogP contribution in [-0.2, 0) is 0 Å². The Morgan fingerprint density at radius 2 is 1.79 bits per heavy atom. The van der Waals surface area contributed by atoms with E-state index in [0.717, 1.165) is 32.4 Å². The Balaban J connectivity index is 1.66. The molecule has 1 aliphatic carbocycles. The molecular formula is C10H19N3O. The molecule has 0 bridgehead atoms. The molecule has 2 fully saturated rings. The molecule has 14 heavy (non-hydrogen) atoms. The van der Waals surface area contributed by atoms with Crippen molar-refractivity contribution in [2.75, 3.05) is 13.1 Å². The SMILES string of the molecule is O=C(NC1CCCC1)NC1CCNC1. The number of hydrogen-bond donors (Lipinski definition) is 3. The molecule has 1 heterocycles. The molecule has 2 rings (SSSR count). The first-order chi connectivity index (χ1) is 6.84. The molecule has 1 atom stereocenters. The Morgan fingerprint density at radius 3 is 2.43 bits per heavy atom. The molecule has 0 radical (unpaired) electrons. The predicted molar refractivity (Wildman–Crippen MR) is 55.2 cm³/mol. The highest BCUT2D eigenvalue weighted by atomic mass is 16.2. The molecule has 0 aromatic rings. The average molecular weight is 197 g/mol. The number of carbonyl (C=O) groups is 1. The van der Waals surface area contributed by atoms with Gasteiger partial charge in [0.05, 0.1) is 0 Å². The second-order valence-corrected chi connectivity index (χ2v) is 4.29. The maximum atomic E-state index is 11.5. The molecule has 1 saturated carbocycles. The van der Waals surface area contributed by atoms with Gasteiger partial charge in [-0.25, -0.2) is 4.79 Å². The second-order valence-electron chi connectivity index (χ2n) is 4.29. The third kappa shape index (κ3) is 2.61. The van der Waals surface area contributed by atoms with Gasteiger partial charge in [0.1, 0.15) is 0 Å². The Kier molecular flexibility index (Phi) is 3.24.